The van der Waals surface area contributed by atoms with Gasteiger partial charge in [0.2, 0.25) is 5.91 Å². The number of carbonyl (C=O) groups excluding carboxylic acids is 1. The van der Waals surface area contributed by atoms with Gasteiger partial charge in [0.05, 0.1) is 6.61 Å². The van der Waals surface area contributed by atoms with Crippen molar-refractivity contribution in [2.75, 3.05) is 19.7 Å². The highest BCUT2D eigenvalue weighted by Crippen LogP contribution is 2.64. The molecule has 38 heavy (non-hydrogen) atoms. The number of rotatable bonds is 9. The Morgan fingerprint density at radius 3 is 2.34 bits per heavy atom. The van der Waals surface area contributed by atoms with E-state index in [1.807, 2.05) is 0 Å². The number of ether oxygens (including phenoxy) is 1. The number of benzene rings is 2. The number of amides is 1. The van der Waals surface area contributed by atoms with Crippen molar-refractivity contribution in [3.8, 4) is 16.9 Å². The van der Waals surface area contributed by atoms with E-state index in [0.29, 0.717) is 16.7 Å². The second-order valence-electron chi connectivity index (χ2n) is 13.3. The van der Waals surface area contributed by atoms with E-state index in [4.69, 9.17) is 10.5 Å². The lowest BCUT2D eigenvalue weighted by atomic mass is 9.45. The first-order valence-electron chi connectivity index (χ1n) is 14.8. The summed E-state index contributed by atoms with van der Waals surface area (Å²) in [7, 11) is 0. The molecule has 4 aliphatic rings. The molecule has 204 valence electrons. The molecule has 0 unspecified atom stereocenters. The van der Waals surface area contributed by atoms with Gasteiger partial charge in [-0.3, -0.25) is 9.69 Å². The maximum absolute atomic E-state index is 11.6. The minimum Gasteiger partial charge on any atom is -0.493 e. The molecule has 0 radical (unpaired) electrons. The van der Waals surface area contributed by atoms with Gasteiger partial charge < -0.3 is 10.5 Å². The second-order valence-corrected chi connectivity index (χ2v) is 14.5. The summed E-state index contributed by atoms with van der Waals surface area (Å²) in [5.41, 5.74) is 12.1. The van der Waals surface area contributed by atoms with Crippen molar-refractivity contribution in [2.45, 2.75) is 84.1 Å². The monoisotopic (exact) mass is 626 g/mol. The summed E-state index contributed by atoms with van der Waals surface area (Å²) < 4.78 is 7.67. The summed E-state index contributed by atoms with van der Waals surface area (Å²) in [6, 6.07) is 13.8. The molecule has 1 aliphatic heterocycles. The van der Waals surface area contributed by atoms with Crippen LogP contribution in [0.25, 0.3) is 11.1 Å². The molecule has 3 saturated carbocycles. The molecule has 1 amide bonds. The van der Waals surface area contributed by atoms with Crippen LogP contribution >= 0.6 is 22.6 Å². The van der Waals surface area contributed by atoms with Gasteiger partial charge in [-0.05, 0) is 138 Å². The smallest absolute Gasteiger partial charge is 0.220 e. The van der Waals surface area contributed by atoms with Gasteiger partial charge >= 0.3 is 0 Å². The molecule has 1 spiro atoms. The van der Waals surface area contributed by atoms with Gasteiger partial charge in [0, 0.05) is 34.7 Å². The van der Waals surface area contributed by atoms with E-state index < -0.39 is 0 Å². The lowest BCUT2D eigenvalue weighted by Crippen LogP contribution is -2.65. The minimum atomic E-state index is -0.0898. The number of hydrogen-bond acceptors (Lipinski definition) is 3. The fraction of sp³-hybridized carbons (Fsp3) is 0.606. The SMILES string of the molecule is CCCOc1cc(CN2CC3(C2)CC(C)(C2CCC(C(N)=O)CC2)C3)cc(C2CC2)c1-c1ccc(I)cc1. The Morgan fingerprint density at radius 2 is 1.74 bits per heavy atom. The van der Waals surface area contributed by atoms with Crippen LogP contribution in [-0.4, -0.2) is 30.5 Å². The zero-order chi connectivity index (χ0) is 26.5. The fourth-order valence-electron chi connectivity index (χ4n) is 8.28. The number of hydrogen-bond donors (Lipinski definition) is 1. The Balaban J connectivity index is 1.13. The third-order valence-electron chi connectivity index (χ3n) is 10.0. The van der Waals surface area contributed by atoms with Crippen LogP contribution in [0.3, 0.4) is 0 Å². The van der Waals surface area contributed by atoms with Gasteiger partial charge in [-0.25, -0.2) is 0 Å². The molecule has 4 fully saturated rings. The molecule has 0 atom stereocenters. The molecule has 2 aromatic carbocycles. The third kappa shape index (κ3) is 5.26. The van der Waals surface area contributed by atoms with Gasteiger partial charge in [0.1, 0.15) is 5.75 Å². The van der Waals surface area contributed by atoms with Crippen molar-refractivity contribution in [3.05, 3.63) is 51.1 Å². The highest BCUT2D eigenvalue weighted by Gasteiger charge is 2.59. The first-order valence-corrected chi connectivity index (χ1v) is 15.9. The van der Waals surface area contributed by atoms with Gasteiger partial charge in [-0.1, -0.05) is 32.0 Å². The molecule has 6 rings (SSSR count). The van der Waals surface area contributed by atoms with E-state index in [2.05, 4.69) is 77.7 Å². The Morgan fingerprint density at radius 1 is 1.05 bits per heavy atom. The maximum atomic E-state index is 11.6. The molecule has 4 nitrogen and oxygen atoms in total. The number of nitrogens with zero attached hydrogens (tertiary/aromatic N) is 1. The molecule has 2 N–H and O–H groups in total. The van der Waals surface area contributed by atoms with E-state index in [9.17, 15) is 4.79 Å². The van der Waals surface area contributed by atoms with Crippen LogP contribution in [0.15, 0.2) is 36.4 Å². The van der Waals surface area contributed by atoms with Gasteiger partial charge in [0.15, 0.2) is 0 Å². The molecule has 1 heterocycles. The molecule has 0 bridgehead atoms. The largest absolute Gasteiger partial charge is 0.493 e. The fourth-order valence-corrected chi connectivity index (χ4v) is 8.64. The summed E-state index contributed by atoms with van der Waals surface area (Å²) in [6.45, 7) is 8.93. The zero-order valence-electron chi connectivity index (χ0n) is 23.1. The van der Waals surface area contributed by atoms with Crippen LogP contribution in [0.4, 0.5) is 0 Å². The van der Waals surface area contributed by atoms with Crippen molar-refractivity contribution in [1.82, 2.24) is 4.90 Å². The van der Waals surface area contributed by atoms with Crippen LogP contribution in [-0.2, 0) is 11.3 Å². The molecule has 3 aliphatic carbocycles. The van der Waals surface area contributed by atoms with Crippen molar-refractivity contribution in [3.63, 3.8) is 0 Å². The zero-order valence-corrected chi connectivity index (χ0v) is 25.3. The molecule has 0 aromatic heterocycles. The quantitative estimate of drug-likeness (QED) is 0.293. The first kappa shape index (κ1) is 26.6. The normalized spacial score (nSPS) is 26.0. The Kier molecular flexibility index (Phi) is 7.30. The number of halogens is 1. The Bertz CT molecular complexity index is 1170. The van der Waals surface area contributed by atoms with E-state index in [-0.39, 0.29) is 11.8 Å². The highest BCUT2D eigenvalue weighted by atomic mass is 127. The van der Waals surface area contributed by atoms with Crippen molar-refractivity contribution in [2.24, 2.45) is 28.4 Å². The van der Waals surface area contributed by atoms with E-state index in [0.717, 1.165) is 44.1 Å². The minimum absolute atomic E-state index is 0.0898. The average Bonchev–Trinajstić information content (AvgIpc) is 3.71. The molecule has 1 saturated heterocycles. The number of primary amides is 1. The highest BCUT2D eigenvalue weighted by molar-refractivity contribution is 14.1. The maximum Gasteiger partial charge on any atom is 0.220 e. The van der Waals surface area contributed by atoms with Crippen LogP contribution in [0.5, 0.6) is 5.75 Å². The number of likely N-dealkylation sites (tertiary alicyclic amines) is 1. The van der Waals surface area contributed by atoms with Crippen molar-refractivity contribution >= 4 is 28.5 Å². The Hall–Kier alpha value is -1.60. The lowest BCUT2D eigenvalue weighted by molar-refractivity contribution is -0.167. The van der Waals surface area contributed by atoms with Crippen LogP contribution in [0.2, 0.25) is 0 Å². The van der Waals surface area contributed by atoms with Gasteiger partial charge in [-0.15, -0.1) is 0 Å². The van der Waals surface area contributed by atoms with E-state index >= 15 is 0 Å². The topological polar surface area (TPSA) is 55.6 Å². The predicted molar refractivity (Wildman–Crippen MR) is 162 cm³/mol. The van der Waals surface area contributed by atoms with E-state index in [1.165, 1.54) is 77.4 Å². The van der Waals surface area contributed by atoms with Crippen molar-refractivity contribution in [1.29, 1.82) is 0 Å². The lowest BCUT2D eigenvalue weighted by Gasteiger charge is -2.66. The van der Waals surface area contributed by atoms with Gasteiger partial charge in [-0.2, -0.15) is 0 Å². The number of carbonyl (C=O) groups is 1. The summed E-state index contributed by atoms with van der Waals surface area (Å²) in [5.74, 6) is 2.55. The molecule has 2 aromatic rings. The van der Waals surface area contributed by atoms with E-state index in [1.54, 1.807) is 0 Å². The van der Waals surface area contributed by atoms with Crippen LogP contribution in [0, 0.1) is 26.2 Å². The van der Waals surface area contributed by atoms with Crippen LogP contribution < -0.4 is 10.5 Å². The molecular formula is C33H43IN2O2. The third-order valence-corrected chi connectivity index (χ3v) is 10.7. The molecule has 5 heteroatoms. The summed E-state index contributed by atoms with van der Waals surface area (Å²) in [4.78, 5) is 14.2. The standard InChI is InChI=1S/C33H43IN2O2/c1-3-14-38-29-16-22(15-28(23-4-5-23)30(29)24-8-12-27(34)13-9-24)17-36-20-33(21-36)18-32(2,19-33)26-10-6-25(7-11-26)31(35)37/h8-9,12-13,15-16,23,25-26H,3-7,10-11,14,17-21H2,1-2H3,(H2,35,37). The average molecular weight is 627 g/mol. The Labute approximate surface area is 242 Å². The second kappa shape index (κ2) is 10.4. The van der Waals surface area contributed by atoms with Crippen molar-refractivity contribution < 1.29 is 9.53 Å². The van der Waals surface area contributed by atoms with Crippen LogP contribution in [0.1, 0.15) is 88.7 Å². The first-order chi connectivity index (χ1) is 18.3. The summed E-state index contributed by atoms with van der Waals surface area (Å²) in [6.07, 6.45) is 10.7. The van der Waals surface area contributed by atoms with Gasteiger partial charge in [0.25, 0.3) is 0 Å². The molecular weight excluding hydrogens is 583 g/mol. The summed E-state index contributed by atoms with van der Waals surface area (Å²) >= 11 is 2.39. The summed E-state index contributed by atoms with van der Waals surface area (Å²) in [5, 5.41) is 0. The number of nitrogens with two attached hydrogens (primary N) is 1. The predicted octanol–water partition coefficient (Wildman–Crippen LogP) is 7.52.